The Hall–Kier alpha value is -1.44. The first-order chi connectivity index (χ1) is 9.31. The van der Waals surface area contributed by atoms with Crippen molar-refractivity contribution >= 4 is 21.7 Å². The fourth-order valence-corrected chi connectivity index (χ4v) is 2.93. The molecule has 0 aromatic heterocycles. The highest BCUT2D eigenvalue weighted by Crippen LogP contribution is 2.37. The molecule has 0 unspecified atom stereocenters. The molecule has 0 radical (unpaired) electrons. The number of Topliss-reactive ketones (excluding diaryl/α,β-unsaturated/α-hetero) is 1. The van der Waals surface area contributed by atoms with Crippen LogP contribution in [0.1, 0.15) is 24.3 Å². The second kappa shape index (κ2) is 5.51. The summed E-state index contributed by atoms with van der Waals surface area (Å²) in [5, 5.41) is 11.0. The van der Waals surface area contributed by atoms with Gasteiger partial charge in [0.15, 0.2) is 11.6 Å². The number of hydrogen-bond acceptors (Lipinski definition) is 3. The molecular weight excluding hydrogens is 343 g/mol. The normalized spacial score (nSPS) is 26.6. The first-order valence-electron chi connectivity index (χ1n) is 5.76. The first kappa shape index (κ1) is 15.0. The van der Waals surface area contributed by atoms with Gasteiger partial charge in [0.1, 0.15) is 11.6 Å². The minimum absolute atomic E-state index is 0.116. The van der Waals surface area contributed by atoms with Crippen LogP contribution in [0.2, 0.25) is 0 Å². The smallest absolute Gasteiger partial charge is 0.221 e. The molecule has 108 valence electrons. The lowest BCUT2D eigenvalue weighted by atomic mass is 9.79. The van der Waals surface area contributed by atoms with Crippen LogP contribution in [0.5, 0.6) is 0 Å². The Bertz CT molecular complexity index is 581. The van der Waals surface area contributed by atoms with Gasteiger partial charge in [-0.05, 0) is 6.07 Å². The van der Waals surface area contributed by atoms with Crippen molar-refractivity contribution in [1.29, 1.82) is 0 Å². The third-order valence-electron chi connectivity index (χ3n) is 3.39. The van der Waals surface area contributed by atoms with Crippen LogP contribution in [-0.4, -0.2) is 21.6 Å². The molecule has 1 aliphatic carbocycles. The van der Waals surface area contributed by atoms with Crippen LogP contribution in [0.15, 0.2) is 12.1 Å². The summed E-state index contributed by atoms with van der Waals surface area (Å²) < 4.78 is 39.8. The minimum atomic E-state index is -1.37. The van der Waals surface area contributed by atoms with Gasteiger partial charge in [0.05, 0.1) is 10.7 Å². The number of nitrogens with zero attached hydrogens (tertiary/aromatic N) is 1. The number of benzene rings is 1. The van der Waals surface area contributed by atoms with Gasteiger partial charge in [-0.25, -0.2) is 13.2 Å². The van der Waals surface area contributed by atoms with E-state index in [1.807, 2.05) is 0 Å². The lowest BCUT2D eigenvalue weighted by Gasteiger charge is -2.28. The summed E-state index contributed by atoms with van der Waals surface area (Å²) in [4.78, 5) is 21.4. The second-order valence-corrected chi connectivity index (χ2v) is 5.73. The summed E-state index contributed by atoms with van der Waals surface area (Å²) in [5.74, 6) is -5.17. The van der Waals surface area contributed by atoms with Crippen molar-refractivity contribution in [3.63, 3.8) is 0 Å². The van der Waals surface area contributed by atoms with Crippen molar-refractivity contribution < 1.29 is 22.9 Å². The first-order valence-corrected chi connectivity index (χ1v) is 6.67. The predicted molar refractivity (Wildman–Crippen MR) is 66.8 cm³/mol. The van der Waals surface area contributed by atoms with Crippen molar-refractivity contribution in [2.24, 2.45) is 0 Å². The zero-order chi connectivity index (χ0) is 15.0. The Morgan fingerprint density at radius 2 is 1.80 bits per heavy atom. The van der Waals surface area contributed by atoms with E-state index in [9.17, 15) is 28.1 Å². The van der Waals surface area contributed by atoms with Crippen molar-refractivity contribution in [2.75, 3.05) is 0 Å². The van der Waals surface area contributed by atoms with E-state index < -0.39 is 39.2 Å². The van der Waals surface area contributed by atoms with Gasteiger partial charge in [-0.2, -0.15) is 0 Å². The van der Waals surface area contributed by atoms with Crippen LogP contribution >= 0.6 is 15.9 Å². The minimum Gasteiger partial charge on any atom is -0.298 e. The Labute approximate surface area is 120 Å². The molecule has 0 N–H and O–H groups in total. The maximum absolute atomic E-state index is 13.7. The zero-order valence-corrected chi connectivity index (χ0v) is 11.6. The number of rotatable bonds is 2. The highest BCUT2D eigenvalue weighted by molar-refractivity contribution is 9.10. The number of alkyl halides is 1. The van der Waals surface area contributed by atoms with Crippen LogP contribution in [0.4, 0.5) is 13.2 Å². The van der Waals surface area contributed by atoms with Crippen LogP contribution in [0, 0.1) is 27.6 Å². The molecule has 1 aromatic carbocycles. The molecule has 1 aliphatic rings. The number of nitro groups is 1. The molecule has 0 amide bonds. The number of carbonyl (C=O) groups excluding carboxylic acids is 1. The fraction of sp³-hybridized carbons (Fsp3) is 0.417. The fourth-order valence-electron chi connectivity index (χ4n) is 2.36. The molecule has 1 saturated carbocycles. The monoisotopic (exact) mass is 351 g/mol. The van der Waals surface area contributed by atoms with Gasteiger partial charge in [-0.3, -0.25) is 14.9 Å². The zero-order valence-electron chi connectivity index (χ0n) is 9.98. The third-order valence-corrected chi connectivity index (χ3v) is 4.28. The molecule has 1 fully saturated rings. The van der Waals surface area contributed by atoms with Gasteiger partial charge in [-0.1, -0.05) is 15.9 Å². The number of hydrogen-bond donors (Lipinski definition) is 0. The lowest BCUT2D eigenvalue weighted by molar-refractivity contribution is -0.528. The summed E-state index contributed by atoms with van der Waals surface area (Å²) in [6, 6.07) is -0.295. The maximum Gasteiger partial charge on any atom is 0.221 e. The number of halogens is 4. The summed E-state index contributed by atoms with van der Waals surface area (Å²) >= 11 is 3.03. The summed E-state index contributed by atoms with van der Waals surface area (Å²) in [7, 11) is 0. The van der Waals surface area contributed by atoms with E-state index in [0.717, 1.165) is 0 Å². The van der Waals surface area contributed by atoms with Crippen LogP contribution in [0.25, 0.3) is 0 Å². The molecule has 0 bridgehead atoms. The summed E-state index contributed by atoms with van der Waals surface area (Å²) in [5.41, 5.74) is -0.335. The van der Waals surface area contributed by atoms with Crippen molar-refractivity contribution in [2.45, 2.75) is 29.6 Å². The van der Waals surface area contributed by atoms with E-state index in [-0.39, 0.29) is 24.2 Å². The molecule has 20 heavy (non-hydrogen) atoms. The van der Waals surface area contributed by atoms with Crippen molar-refractivity contribution in [3.8, 4) is 0 Å². The van der Waals surface area contributed by atoms with E-state index in [2.05, 4.69) is 15.9 Å². The van der Waals surface area contributed by atoms with Crippen molar-refractivity contribution in [1.82, 2.24) is 0 Å². The van der Waals surface area contributed by atoms with Gasteiger partial charge in [0, 0.05) is 29.4 Å². The number of ketones is 1. The molecule has 4 nitrogen and oxygen atoms in total. The molecular formula is C12H9BrF3NO3. The van der Waals surface area contributed by atoms with Crippen LogP contribution < -0.4 is 0 Å². The largest absolute Gasteiger partial charge is 0.298 e. The SMILES string of the molecule is O=C1C[C@H](c2cc(F)c(F)cc2F)[C@H]([N+](=O)[O-])C[C@H]1Br. The third kappa shape index (κ3) is 2.70. The Morgan fingerprint density at radius 1 is 1.20 bits per heavy atom. The average Bonchev–Trinajstić information content (AvgIpc) is 2.36. The molecule has 0 aliphatic heterocycles. The van der Waals surface area contributed by atoms with E-state index in [1.54, 1.807) is 0 Å². The average molecular weight is 352 g/mol. The van der Waals surface area contributed by atoms with Crippen molar-refractivity contribution in [3.05, 3.63) is 45.3 Å². The second-order valence-electron chi connectivity index (χ2n) is 4.62. The Kier molecular flexibility index (Phi) is 4.12. The Balaban J connectivity index is 2.45. The number of carbonyl (C=O) groups is 1. The van der Waals surface area contributed by atoms with E-state index in [4.69, 9.17) is 0 Å². The summed E-state index contributed by atoms with van der Waals surface area (Å²) in [6.45, 7) is 0. The van der Waals surface area contributed by atoms with Gasteiger partial charge < -0.3 is 0 Å². The molecule has 0 heterocycles. The van der Waals surface area contributed by atoms with E-state index in [0.29, 0.717) is 12.1 Å². The highest BCUT2D eigenvalue weighted by atomic mass is 79.9. The topological polar surface area (TPSA) is 60.2 Å². The standard InChI is InChI=1S/C12H9BrF3NO3/c13-7-3-11(17(19)20)6(2-12(7)18)5-1-9(15)10(16)4-8(5)14/h1,4,6-7,11H,2-3H2/t6-,7-,11-/m1/s1. The molecule has 0 spiro atoms. The van der Waals surface area contributed by atoms with Gasteiger partial charge in [0.2, 0.25) is 6.04 Å². The molecule has 3 atom stereocenters. The Morgan fingerprint density at radius 3 is 2.40 bits per heavy atom. The van der Waals surface area contributed by atoms with E-state index >= 15 is 0 Å². The predicted octanol–water partition coefficient (Wildman–Crippen LogP) is 2.96. The molecule has 2 rings (SSSR count). The molecule has 8 heteroatoms. The molecule has 0 saturated heterocycles. The lowest BCUT2D eigenvalue weighted by Crippen LogP contribution is -2.39. The van der Waals surface area contributed by atoms with Crippen LogP contribution in [0.3, 0.4) is 0 Å². The van der Waals surface area contributed by atoms with Gasteiger partial charge in [-0.15, -0.1) is 0 Å². The van der Waals surface area contributed by atoms with Gasteiger partial charge >= 0.3 is 0 Å². The van der Waals surface area contributed by atoms with E-state index in [1.165, 1.54) is 0 Å². The highest BCUT2D eigenvalue weighted by Gasteiger charge is 2.44. The van der Waals surface area contributed by atoms with Gasteiger partial charge in [0.25, 0.3) is 0 Å². The summed E-state index contributed by atoms with van der Waals surface area (Å²) in [6.07, 6.45) is -0.404. The van der Waals surface area contributed by atoms with Crippen LogP contribution in [-0.2, 0) is 4.79 Å². The molecule has 1 aromatic rings. The maximum atomic E-state index is 13.7. The quantitative estimate of drug-likeness (QED) is 0.356.